The summed E-state index contributed by atoms with van der Waals surface area (Å²) in [6.45, 7) is 2.35. The number of fused-ring (bicyclic) bond motifs is 1. The van der Waals surface area contributed by atoms with Crippen LogP contribution < -0.4 is 11.5 Å². The van der Waals surface area contributed by atoms with Crippen LogP contribution in [0.2, 0.25) is 0 Å². The predicted molar refractivity (Wildman–Crippen MR) is 54.5 cm³/mol. The first-order valence-corrected chi connectivity index (χ1v) is 4.55. The van der Waals surface area contributed by atoms with Crippen molar-refractivity contribution in [2.24, 2.45) is 11.5 Å². The maximum Gasteiger partial charge on any atom is 0.212 e. The van der Waals surface area contributed by atoms with Gasteiger partial charge in [0, 0.05) is 6.54 Å². The highest BCUT2D eigenvalue weighted by atomic mass is 16.3. The first kappa shape index (κ1) is 9.18. The lowest BCUT2D eigenvalue weighted by atomic mass is 10.2. The van der Waals surface area contributed by atoms with Gasteiger partial charge in [-0.3, -0.25) is 0 Å². The Labute approximate surface area is 81.9 Å². The average molecular weight is 191 g/mol. The van der Waals surface area contributed by atoms with E-state index in [1.165, 1.54) is 0 Å². The van der Waals surface area contributed by atoms with Gasteiger partial charge in [0.1, 0.15) is 5.52 Å². The van der Waals surface area contributed by atoms with Crippen molar-refractivity contribution < 1.29 is 4.42 Å². The molecule has 14 heavy (non-hydrogen) atoms. The maximum absolute atomic E-state index is 5.67. The molecule has 0 saturated heterocycles. The van der Waals surface area contributed by atoms with Crippen LogP contribution >= 0.6 is 0 Å². The maximum atomic E-state index is 5.67. The summed E-state index contributed by atoms with van der Waals surface area (Å²) < 4.78 is 5.45. The summed E-state index contributed by atoms with van der Waals surface area (Å²) in [5.74, 6) is 0.564. The third kappa shape index (κ3) is 1.49. The predicted octanol–water partition coefficient (Wildman–Crippen LogP) is 1.31. The number of rotatable bonds is 2. The van der Waals surface area contributed by atoms with E-state index < -0.39 is 0 Å². The smallest absolute Gasteiger partial charge is 0.212 e. The lowest BCUT2D eigenvalue weighted by molar-refractivity contribution is 0.493. The van der Waals surface area contributed by atoms with Gasteiger partial charge in [-0.2, -0.15) is 0 Å². The number of oxazole rings is 1. The minimum absolute atomic E-state index is 0.177. The van der Waals surface area contributed by atoms with Crippen molar-refractivity contribution in [3.63, 3.8) is 0 Å². The zero-order valence-electron chi connectivity index (χ0n) is 8.03. The first-order chi connectivity index (χ1) is 6.70. The van der Waals surface area contributed by atoms with Crippen LogP contribution in [0.1, 0.15) is 24.4 Å². The molecule has 74 valence electrons. The molecule has 2 aromatic rings. The number of nitrogens with zero attached hydrogens (tertiary/aromatic N) is 1. The quantitative estimate of drug-likeness (QED) is 0.750. The minimum atomic E-state index is -0.177. The molecule has 0 bridgehead atoms. The van der Waals surface area contributed by atoms with Gasteiger partial charge < -0.3 is 15.9 Å². The fourth-order valence-electron chi connectivity index (χ4n) is 1.31. The van der Waals surface area contributed by atoms with E-state index in [1.54, 1.807) is 0 Å². The van der Waals surface area contributed by atoms with Crippen LogP contribution in [0.15, 0.2) is 22.6 Å². The first-order valence-electron chi connectivity index (χ1n) is 4.55. The Bertz CT molecular complexity index is 448. The van der Waals surface area contributed by atoms with E-state index in [0.29, 0.717) is 12.4 Å². The summed E-state index contributed by atoms with van der Waals surface area (Å²) in [5.41, 5.74) is 13.8. The zero-order valence-corrected chi connectivity index (χ0v) is 8.03. The van der Waals surface area contributed by atoms with Gasteiger partial charge in [0.15, 0.2) is 5.58 Å². The lowest BCUT2D eigenvalue weighted by Crippen LogP contribution is -2.04. The lowest BCUT2D eigenvalue weighted by Gasteiger charge is -1.94. The molecule has 2 rings (SSSR count). The monoisotopic (exact) mass is 191 g/mol. The third-order valence-corrected chi connectivity index (χ3v) is 2.09. The fourth-order valence-corrected chi connectivity index (χ4v) is 1.31. The van der Waals surface area contributed by atoms with E-state index >= 15 is 0 Å². The Hall–Kier alpha value is -1.39. The molecule has 1 unspecified atom stereocenters. The topological polar surface area (TPSA) is 78.1 Å². The highest BCUT2D eigenvalue weighted by Crippen LogP contribution is 2.19. The minimum Gasteiger partial charge on any atom is -0.439 e. The van der Waals surface area contributed by atoms with Crippen LogP contribution in [0.5, 0.6) is 0 Å². The van der Waals surface area contributed by atoms with Gasteiger partial charge in [-0.15, -0.1) is 0 Å². The SMILES string of the molecule is CC(N)c1nc2cc(CN)ccc2o1. The van der Waals surface area contributed by atoms with Crippen LogP contribution in [-0.2, 0) is 6.54 Å². The van der Waals surface area contributed by atoms with E-state index in [0.717, 1.165) is 16.7 Å². The van der Waals surface area contributed by atoms with Gasteiger partial charge >= 0.3 is 0 Å². The molecular formula is C10H13N3O. The van der Waals surface area contributed by atoms with Crippen molar-refractivity contribution >= 4 is 11.1 Å². The van der Waals surface area contributed by atoms with Crippen molar-refractivity contribution in [2.75, 3.05) is 0 Å². The molecule has 0 aliphatic rings. The Morgan fingerprint density at radius 1 is 1.50 bits per heavy atom. The van der Waals surface area contributed by atoms with Crippen LogP contribution in [0.4, 0.5) is 0 Å². The number of hydrogen-bond donors (Lipinski definition) is 2. The number of aromatic nitrogens is 1. The Kier molecular flexibility index (Phi) is 2.23. The molecule has 1 heterocycles. The van der Waals surface area contributed by atoms with Gasteiger partial charge in [0.2, 0.25) is 5.89 Å². The summed E-state index contributed by atoms with van der Waals surface area (Å²) in [7, 11) is 0. The fraction of sp³-hybridized carbons (Fsp3) is 0.300. The van der Waals surface area contributed by atoms with Crippen molar-refractivity contribution in [1.82, 2.24) is 4.98 Å². The van der Waals surface area contributed by atoms with Gasteiger partial charge in [0.05, 0.1) is 6.04 Å². The van der Waals surface area contributed by atoms with Crippen LogP contribution in [-0.4, -0.2) is 4.98 Å². The second kappa shape index (κ2) is 3.40. The van der Waals surface area contributed by atoms with Gasteiger partial charge in [-0.1, -0.05) is 6.07 Å². The molecule has 0 fully saturated rings. The molecule has 0 amide bonds. The van der Waals surface area contributed by atoms with E-state index in [4.69, 9.17) is 15.9 Å². The molecule has 4 heteroatoms. The molecule has 0 spiro atoms. The molecular weight excluding hydrogens is 178 g/mol. The molecule has 0 radical (unpaired) electrons. The molecule has 1 aromatic heterocycles. The highest BCUT2D eigenvalue weighted by molar-refractivity contribution is 5.73. The highest BCUT2D eigenvalue weighted by Gasteiger charge is 2.09. The molecule has 1 atom stereocenters. The normalized spacial score (nSPS) is 13.4. The summed E-state index contributed by atoms with van der Waals surface area (Å²) in [6, 6.07) is 5.54. The molecule has 4 nitrogen and oxygen atoms in total. The standard InChI is InChI=1S/C10H13N3O/c1-6(12)10-13-8-4-7(5-11)2-3-9(8)14-10/h2-4,6H,5,11-12H2,1H3. The van der Waals surface area contributed by atoms with E-state index in [-0.39, 0.29) is 6.04 Å². The second-order valence-corrected chi connectivity index (χ2v) is 3.35. The molecule has 0 aliphatic heterocycles. The Balaban J connectivity index is 2.54. The summed E-state index contributed by atoms with van der Waals surface area (Å²) in [4.78, 5) is 4.27. The van der Waals surface area contributed by atoms with Gasteiger partial charge in [0.25, 0.3) is 0 Å². The number of hydrogen-bond acceptors (Lipinski definition) is 4. The molecule has 0 saturated carbocycles. The van der Waals surface area contributed by atoms with E-state index in [1.807, 2.05) is 25.1 Å². The second-order valence-electron chi connectivity index (χ2n) is 3.35. The van der Waals surface area contributed by atoms with E-state index in [2.05, 4.69) is 4.98 Å². The van der Waals surface area contributed by atoms with Crippen LogP contribution in [0, 0.1) is 0 Å². The number of nitrogens with two attached hydrogens (primary N) is 2. The number of benzene rings is 1. The Morgan fingerprint density at radius 3 is 2.93 bits per heavy atom. The van der Waals surface area contributed by atoms with Gasteiger partial charge in [-0.25, -0.2) is 4.98 Å². The van der Waals surface area contributed by atoms with Crippen molar-refractivity contribution in [2.45, 2.75) is 19.5 Å². The van der Waals surface area contributed by atoms with Crippen molar-refractivity contribution in [1.29, 1.82) is 0 Å². The van der Waals surface area contributed by atoms with E-state index in [9.17, 15) is 0 Å². The summed E-state index contributed by atoms with van der Waals surface area (Å²) >= 11 is 0. The summed E-state index contributed by atoms with van der Waals surface area (Å²) in [5, 5.41) is 0. The van der Waals surface area contributed by atoms with Crippen LogP contribution in [0.3, 0.4) is 0 Å². The molecule has 4 N–H and O–H groups in total. The molecule has 0 aliphatic carbocycles. The average Bonchev–Trinajstić information content (AvgIpc) is 2.59. The molecule has 1 aromatic carbocycles. The van der Waals surface area contributed by atoms with Crippen molar-refractivity contribution in [3.05, 3.63) is 29.7 Å². The third-order valence-electron chi connectivity index (χ3n) is 2.09. The Morgan fingerprint density at radius 2 is 2.29 bits per heavy atom. The van der Waals surface area contributed by atoms with Crippen molar-refractivity contribution in [3.8, 4) is 0 Å². The summed E-state index contributed by atoms with van der Waals surface area (Å²) in [6.07, 6.45) is 0. The van der Waals surface area contributed by atoms with Gasteiger partial charge in [-0.05, 0) is 24.6 Å². The largest absolute Gasteiger partial charge is 0.439 e. The zero-order chi connectivity index (χ0) is 10.1. The van der Waals surface area contributed by atoms with Crippen LogP contribution in [0.25, 0.3) is 11.1 Å².